The molecule has 4 aromatic rings. The van der Waals surface area contributed by atoms with Gasteiger partial charge in [-0.25, -0.2) is 4.39 Å². The van der Waals surface area contributed by atoms with Gasteiger partial charge in [0.1, 0.15) is 17.1 Å². The predicted octanol–water partition coefficient (Wildman–Crippen LogP) is 3.10. The van der Waals surface area contributed by atoms with Crippen molar-refractivity contribution in [2.75, 3.05) is 0 Å². The average molecular weight is 337 g/mol. The van der Waals surface area contributed by atoms with Gasteiger partial charge in [0.05, 0.1) is 5.52 Å². The molecule has 0 atom stereocenters. The Bertz CT molecular complexity index is 1150. The van der Waals surface area contributed by atoms with Gasteiger partial charge in [0.25, 0.3) is 11.4 Å². The number of halogens is 1. The maximum absolute atomic E-state index is 13.0. The number of hydrogen-bond donors (Lipinski definition) is 1. The Hall–Kier alpha value is -3.48. The van der Waals surface area contributed by atoms with Gasteiger partial charge in [-0.3, -0.25) is 4.79 Å². The molecule has 1 N–H and O–H groups in total. The van der Waals surface area contributed by atoms with E-state index >= 15 is 0 Å². The van der Waals surface area contributed by atoms with Crippen molar-refractivity contribution in [1.29, 1.82) is 0 Å². The molecule has 2 heterocycles. The van der Waals surface area contributed by atoms with Gasteiger partial charge in [-0.1, -0.05) is 17.3 Å². The third kappa shape index (κ3) is 2.37. The number of benzene rings is 2. The van der Waals surface area contributed by atoms with Crippen LogP contribution in [0.4, 0.5) is 4.39 Å². The number of hydrogen-bond acceptors (Lipinski definition) is 5. The monoisotopic (exact) mass is 337 g/mol. The zero-order valence-electron chi connectivity index (χ0n) is 13.1. The Morgan fingerprint density at radius 3 is 2.60 bits per heavy atom. The molecule has 0 saturated heterocycles. The second-order valence-electron chi connectivity index (χ2n) is 5.53. The number of nitrogens with zero attached hydrogens (tertiary/aromatic N) is 3. The third-order valence-electron chi connectivity index (χ3n) is 4.02. The number of aromatic nitrogens is 3. The summed E-state index contributed by atoms with van der Waals surface area (Å²) in [5, 5.41) is 14.9. The second kappa shape index (κ2) is 5.55. The van der Waals surface area contributed by atoms with Crippen molar-refractivity contribution in [2.24, 2.45) is 7.05 Å². The SMILES string of the molecule is Cn1c(=O)c(-c2nc(-c3ccc(F)cc3)no2)c(O)c2ccccc21. The van der Waals surface area contributed by atoms with E-state index in [9.17, 15) is 14.3 Å². The molecule has 0 spiro atoms. The van der Waals surface area contributed by atoms with Crippen LogP contribution in [0, 0.1) is 5.82 Å². The lowest BCUT2D eigenvalue weighted by Crippen LogP contribution is -2.19. The highest BCUT2D eigenvalue weighted by molar-refractivity contribution is 5.90. The summed E-state index contributed by atoms with van der Waals surface area (Å²) >= 11 is 0. The lowest BCUT2D eigenvalue weighted by Gasteiger charge is -2.09. The molecule has 25 heavy (non-hydrogen) atoms. The van der Waals surface area contributed by atoms with Crippen LogP contribution < -0.4 is 5.56 Å². The van der Waals surface area contributed by atoms with Gasteiger partial charge in [-0.05, 0) is 36.4 Å². The van der Waals surface area contributed by atoms with Gasteiger partial charge < -0.3 is 14.2 Å². The van der Waals surface area contributed by atoms with Crippen molar-refractivity contribution in [3.8, 4) is 28.6 Å². The predicted molar refractivity (Wildman–Crippen MR) is 89.5 cm³/mol. The molecule has 2 aromatic heterocycles. The minimum absolute atomic E-state index is 0.0675. The van der Waals surface area contributed by atoms with Gasteiger partial charge in [0.2, 0.25) is 5.82 Å². The van der Waals surface area contributed by atoms with Gasteiger partial charge in [0.15, 0.2) is 0 Å². The Labute approximate surface area is 140 Å². The summed E-state index contributed by atoms with van der Waals surface area (Å²) in [6.07, 6.45) is 0. The van der Waals surface area contributed by atoms with Crippen LogP contribution >= 0.6 is 0 Å². The molecule has 124 valence electrons. The van der Waals surface area contributed by atoms with Gasteiger partial charge >= 0.3 is 0 Å². The fourth-order valence-electron chi connectivity index (χ4n) is 2.71. The molecule has 6 nitrogen and oxygen atoms in total. The van der Waals surface area contributed by atoms with Crippen LogP contribution in [0.25, 0.3) is 33.7 Å². The first kappa shape index (κ1) is 15.1. The topological polar surface area (TPSA) is 81.2 Å². The van der Waals surface area contributed by atoms with E-state index in [1.165, 1.54) is 28.8 Å². The van der Waals surface area contributed by atoms with Crippen molar-refractivity contribution in [1.82, 2.24) is 14.7 Å². The van der Waals surface area contributed by atoms with E-state index in [0.29, 0.717) is 16.5 Å². The molecule has 4 rings (SSSR count). The number of pyridine rings is 1. The first-order valence-electron chi connectivity index (χ1n) is 7.47. The Morgan fingerprint density at radius 1 is 1.12 bits per heavy atom. The Balaban J connectivity index is 1.91. The van der Waals surface area contributed by atoms with Crippen LogP contribution in [0.2, 0.25) is 0 Å². The first-order valence-corrected chi connectivity index (χ1v) is 7.47. The number of rotatable bonds is 2. The smallest absolute Gasteiger partial charge is 0.267 e. The van der Waals surface area contributed by atoms with Crippen molar-refractivity contribution < 1.29 is 14.0 Å². The summed E-state index contributed by atoms with van der Waals surface area (Å²) in [5.41, 5.74) is 0.605. The fourth-order valence-corrected chi connectivity index (χ4v) is 2.71. The quantitative estimate of drug-likeness (QED) is 0.608. The molecule has 0 aliphatic rings. The van der Waals surface area contributed by atoms with E-state index in [1.54, 1.807) is 31.3 Å². The Kier molecular flexibility index (Phi) is 3.35. The standard InChI is InChI=1S/C18H12FN3O3/c1-22-13-5-3-2-4-12(13)15(23)14(18(22)24)17-20-16(21-25-17)10-6-8-11(19)9-7-10/h2-9,23H,1H3. The summed E-state index contributed by atoms with van der Waals surface area (Å²) in [7, 11) is 1.60. The van der Waals surface area contributed by atoms with Crippen LogP contribution in [-0.4, -0.2) is 19.8 Å². The van der Waals surface area contributed by atoms with E-state index in [2.05, 4.69) is 10.1 Å². The fraction of sp³-hybridized carbons (Fsp3) is 0.0556. The summed E-state index contributed by atoms with van der Waals surface area (Å²) in [6, 6.07) is 12.5. The molecule has 7 heteroatoms. The van der Waals surface area contributed by atoms with E-state index in [0.717, 1.165) is 0 Å². The van der Waals surface area contributed by atoms with Crippen LogP contribution in [0.5, 0.6) is 5.75 Å². The number of aromatic hydroxyl groups is 1. The van der Waals surface area contributed by atoms with Gasteiger partial charge in [0, 0.05) is 18.0 Å². The van der Waals surface area contributed by atoms with Gasteiger partial charge in [-0.2, -0.15) is 4.98 Å². The van der Waals surface area contributed by atoms with E-state index in [-0.39, 0.29) is 28.8 Å². The maximum Gasteiger partial charge on any atom is 0.267 e. The van der Waals surface area contributed by atoms with Gasteiger partial charge in [-0.15, -0.1) is 0 Å². The molecule has 0 aliphatic heterocycles. The zero-order chi connectivity index (χ0) is 17.6. The molecule has 0 radical (unpaired) electrons. The van der Waals surface area contributed by atoms with E-state index in [4.69, 9.17) is 4.52 Å². The maximum atomic E-state index is 13.0. The highest BCUT2D eigenvalue weighted by Crippen LogP contribution is 2.32. The average Bonchev–Trinajstić information content (AvgIpc) is 3.10. The molecule has 2 aromatic carbocycles. The summed E-state index contributed by atoms with van der Waals surface area (Å²) in [5.74, 6) is -0.491. The van der Waals surface area contributed by atoms with Crippen molar-refractivity contribution >= 4 is 10.9 Å². The van der Waals surface area contributed by atoms with Crippen molar-refractivity contribution in [2.45, 2.75) is 0 Å². The first-order chi connectivity index (χ1) is 12.1. The Morgan fingerprint density at radius 2 is 1.84 bits per heavy atom. The minimum atomic E-state index is -0.453. The zero-order valence-corrected chi connectivity index (χ0v) is 13.1. The number of aryl methyl sites for hydroxylation is 1. The van der Waals surface area contributed by atoms with E-state index in [1.807, 2.05) is 0 Å². The second-order valence-corrected chi connectivity index (χ2v) is 5.53. The summed E-state index contributed by atoms with van der Waals surface area (Å²) in [6.45, 7) is 0. The van der Waals surface area contributed by atoms with Crippen LogP contribution in [0.3, 0.4) is 0 Å². The van der Waals surface area contributed by atoms with E-state index < -0.39 is 5.56 Å². The van der Waals surface area contributed by atoms with Crippen LogP contribution in [0.15, 0.2) is 57.8 Å². The number of para-hydroxylation sites is 1. The molecular formula is C18H12FN3O3. The lowest BCUT2D eigenvalue weighted by molar-refractivity contribution is 0.425. The van der Waals surface area contributed by atoms with Crippen molar-refractivity contribution in [3.63, 3.8) is 0 Å². The molecule has 0 fully saturated rings. The largest absolute Gasteiger partial charge is 0.506 e. The molecule has 0 aliphatic carbocycles. The van der Waals surface area contributed by atoms with Crippen LogP contribution in [0.1, 0.15) is 0 Å². The molecule has 0 bridgehead atoms. The minimum Gasteiger partial charge on any atom is -0.506 e. The molecular weight excluding hydrogens is 325 g/mol. The van der Waals surface area contributed by atoms with Crippen molar-refractivity contribution in [3.05, 3.63) is 64.7 Å². The number of fused-ring (bicyclic) bond motifs is 1. The highest BCUT2D eigenvalue weighted by atomic mass is 19.1. The molecule has 0 saturated carbocycles. The summed E-state index contributed by atoms with van der Waals surface area (Å²) in [4.78, 5) is 16.8. The van der Waals surface area contributed by atoms with Crippen LogP contribution in [-0.2, 0) is 7.05 Å². The lowest BCUT2D eigenvalue weighted by atomic mass is 10.1. The highest BCUT2D eigenvalue weighted by Gasteiger charge is 2.21. The summed E-state index contributed by atoms with van der Waals surface area (Å²) < 4.78 is 19.6. The normalized spacial score (nSPS) is 11.1. The third-order valence-corrected chi connectivity index (χ3v) is 4.02. The molecule has 0 amide bonds. The molecule has 0 unspecified atom stereocenters.